The van der Waals surface area contributed by atoms with Gasteiger partial charge in [0.15, 0.2) is 5.03 Å². The molecule has 1 aliphatic heterocycles. The van der Waals surface area contributed by atoms with Gasteiger partial charge in [0.25, 0.3) is 15.9 Å². The Morgan fingerprint density at radius 1 is 1.44 bits per heavy atom. The Kier molecular flexibility index (Phi) is 3.14. The first-order chi connectivity index (χ1) is 8.29. The summed E-state index contributed by atoms with van der Waals surface area (Å²) < 4.78 is 25.3. The Balaban J connectivity index is 2.46. The van der Waals surface area contributed by atoms with Gasteiger partial charge in [0, 0.05) is 12.7 Å². The van der Waals surface area contributed by atoms with Crippen molar-refractivity contribution < 1.29 is 13.2 Å². The van der Waals surface area contributed by atoms with Gasteiger partial charge in [-0.15, -0.1) is 0 Å². The third-order valence-electron chi connectivity index (χ3n) is 2.76. The molecule has 2 heterocycles. The van der Waals surface area contributed by atoms with Crippen LogP contribution in [0.2, 0.25) is 0 Å². The lowest BCUT2D eigenvalue weighted by Crippen LogP contribution is -2.39. The molecule has 0 aromatic carbocycles. The zero-order valence-corrected chi connectivity index (χ0v) is 11.8. The van der Waals surface area contributed by atoms with E-state index in [1.807, 2.05) is 13.8 Å². The summed E-state index contributed by atoms with van der Waals surface area (Å²) in [7, 11) is -3.80. The number of aromatic nitrogens is 1. The van der Waals surface area contributed by atoms with Crippen LogP contribution in [0.1, 0.15) is 24.2 Å². The molecule has 18 heavy (non-hydrogen) atoms. The molecule has 0 atom stereocenters. The van der Waals surface area contributed by atoms with Gasteiger partial charge in [-0.1, -0.05) is 13.8 Å². The monoisotopic (exact) mass is 286 g/mol. The third-order valence-corrected chi connectivity index (χ3v) is 5.31. The Morgan fingerprint density at radius 3 is 2.67 bits per heavy atom. The highest BCUT2D eigenvalue weighted by Crippen LogP contribution is 2.31. The molecule has 0 saturated carbocycles. The topological polar surface area (TPSA) is 67.3 Å². The van der Waals surface area contributed by atoms with Crippen LogP contribution in [-0.2, 0) is 10.0 Å². The van der Waals surface area contributed by atoms with E-state index in [4.69, 9.17) is 0 Å². The molecular formula is C11H14N2O3S2. The number of carbonyl (C=O) groups is 1. The summed E-state index contributed by atoms with van der Waals surface area (Å²) in [5.41, 5.74) is -0.235. The lowest BCUT2D eigenvalue weighted by atomic mass is 9.96. The van der Waals surface area contributed by atoms with Crippen LogP contribution in [0.4, 0.5) is 0 Å². The summed E-state index contributed by atoms with van der Waals surface area (Å²) in [4.78, 5) is 15.9. The minimum atomic E-state index is -3.80. The highest BCUT2D eigenvalue weighted by Gasteiger charge is 2.44. The molecule has 5 nitrogen and oxygen atoms in total. The number of rotatable bonds is 3. The van der Waals surface area contributed by atoms with Crippen LogP contribution in [0.15, 0.2) is 23.4 Å². The van der Waals surface area contributed by atoms with Crippen molar-refractivity contribution in [1.29, 1.82) is 0 Å². The molecule has 1 aromatic heterocycles. The van der Waals surface area contributed by atoms with Crippen molar-refractivity contribution in [3.05, 3.63) is 23.9 Å². The van der Waals surface area contributed by atoms with Gasteiger partial charge in [0.1, 0.15) is 0 Å². The normalized spacial score (nSPS) is 17.9. The van der Waals surface area contributed by atoms with E-state index in [0.717, 1.165) is 4.31 Å². The zero-order valence-electron chi connectivity index (χ0n) is 10.1. The molecule has 0 saturated heterocycles. The largest absolute Gasteiger partial charge is 0.285 e. The maximum absolute atomic E-state index is 12.2. The van der Waals surface area contributed by atoms with Crippen LogP contribution in [0, 0.1) is 5.41 Å². The van der Waals surface area contributed by atoms with E-state index in [1.165, 1.54) is 12.3 Å². The average Bonchev–Trinajstić information content (AvgIpc) is 2.51. The van der Waals surface area contributed by atoms with Gasteiger partial charge in [0.2, 0.25) is 0 Å². The first-order valence-electron chi connectivity index (χ1n) is 5.42. The maximum atomic E-state index is 12.2. The molecule has 98 valence electrons. The van der Waals surface area contributed by atoms with Crippen LogP contribution in [-0.4, -0.2) is 35.9 Å². The number of amides is 1. The van der Waals surface area contributed by atoms with Crippen molar-refractivity contribution >= 4 is 28.6 Å². The second-order valence-corrected chi connectivity index (χ2v) is 7.09. The molecule has 0 aliphatic carbocycles. The smallest absolute Gasteiger partial charge is 0.268 e. The fraction of sp³-hybridized carbons (Fsp3) is 0.455. The summed E-state index contributed by atoms with van der Waals surface area (Å²) in [5, 5.41) is -0.148. The number of hydrogen-bond donors (Lipinski definition) is 1. The second kappa shape index (κ2) is 4.24. The van der Waals surface area contributed by atoms with Crippen molar-refractivity contribution in [1.82, 2.24) is 9.29 Å². The van der Waals surface area contributed by atoms with E-state index in [2.05, 4.69) is 17.6 Å². The molecular weight excluding hydrogens is 272 g/mol. The van der Waals surface area contributed by atoms with Crippen LogP contribution in [0.5, 0.6) is 0 Å². The second-order valence-electron chi connectivity index (χ2n) is 5.00. The summed E-state index contributed by atoms with van der Waals surface area (Å²) in [6.45, 7) is 3.83. The summed E-state index contributed by atoms with van der Waals surface area (Å²) in [6, 6.07) is 3.04. The summed E-state index contributed by atoms with van der Waals surface area (Å²) >= 11 is 4.17. The van der Waals surface area contributed by atoms with Crippen molar-refractivity contribution in [3.63, 3.8) is 0 Å². The number of nitrogens with zero attached hydrogens (tertiary/aromatic N) is 2. The molecule has 0 spiro atoms. The Morgan fingerprint density at radius 2 is 2.11 bits per heavy atom. The number of hydrogen-bond acceptors (Lipinski definition) is 5. The van der Waals surface area contributed by atoms with Crippen LogP contribution in [0.3, 0.4) is 0 Å². The number of sulfonamides is 1. The fourth-order valence-corrected chi connectivity index (χ4v) is 3.47. The molecule has 2 rings (SSSR count). The highest BCUT2D eigenvalue weighted by molar-refractivity contribution is 7.90. The quantitative estimate of drug-likeness (QED) is 0.847. The predicted octanol–water partition coefficient (Wildman–Crippen LogP) is 1.18. The van der Waals surface area contributed by atoms with Gasteiger partial charge in [-0.05, 0) is 23.3 Å². The van der Waals surface area contributed by atoms with E-state index < -0.39 is 15.9 Å². The number of pyridine rings is 1. The SMILES string of the molecule is CC(C)(CS)CN1C(=O)c2cccnc2S1(=O)=O. The first kappa shape index (κ1) is 13.4. The predicted molar refractivity (Wildman–Crippen MR) is 70.1 cm³/mol. The van der Waals surface area contributed by atoms with E-state index in [-0.39, 0.29) is 22.5 Å². The minimum absolute atomic E-state index is 0.105. The molecule has 0 fully saturated rings. The van der Waals surface area contributed by atoms with Gasteiger partial charge in [-0.3, -0.25) is 4.79 Å². The Hall–Kier alpha value is -1.08. The minimum Gasteiger partial charge on any atom is -0.268 e. The number of carbonyl (C=O) groups excluding carboxylic acids is 1. The molecule has 0 bridgehead atoms. The van der Waals surface area contributed by atoms with E-state index in [0.29, 0.717) is 5.75 Å². The van der Waals surface area contributed by atoms with Gasteiger partial charge >= 0.3 is 0 Å². The van der Waals surface area contributed by atoms with Gasteiger partial charge < -0.3 is 0 Å². The molecule has 7 heteroatoms. The molecule has 1 aliphatic rings. The van der Waals surface area contributed by atoms with Crippen molar-refractivity contribution in [2.24, 2.45) is 5.41 Å². The van der Waals surface area contributed by atoms with Crippen LogP contribution in [0.25, 0.3) is 0 Å². The molecule has 1 amide bonds. The zero-order chi connectivity index (χ0) is 13.6. The highest BCUT2D eigenvalue weighted by atomic mass is 32.2. The lowest BCUT2D eigenvalue weighted by molar-refractivity contribution is 0.0841. The number of thiol groups is 1. The van der Waals surface area contributed by atoms with Crippen molar-refractivity contribution in [3.8, 4) is 0 Å². The average molecular weight is 286 g/mol. The molecule has 0 N–H and O–H groups in total. The number of fused-ring (bicyclic) bond motifs is 1. The molecule has 0 radical (unpaired) electrons. The first-order valence-corrected chi connectivity index (χ1v) is 7.50. The fourth-order valence-electron chi connectivity index (χ4n) is 1.70. The molecule has 0 unspecified atom stereocenters. The van der Waals surface area contributed by atoms with Gasteiger partial charge in [-0.25, -0.2) is 9.29 Å². The summed E-state index contributed by atoms with van der Waals surface area (Å²) in [5.74, 6) is -0.0243. The van der Waals surface area contributed by atoms with Crippen LogP contribution < -0.4 is 0 Å². The van der Waals surface area contributed by atoms with E-state index in [9.17, 15) is 13.2 Å². The van der Waals surface area contributed by atoms with Crippen LogP contribution >= 0.6 is 12.6 Å². The lowest BCUT2D eigenvalue weighted by Gasteiger charge is -2.27. The van der Waals surface area contributed by atoms with Crippen molar-refractivity contribution in [2.75, 3.05) is 12.3 Å². The van der Waals surface area contributed by atoms with E-state index >= 15 is 0 Å². The van der Waals surface area contributed by atoms with Gasteiger partial charge in [0.05, 0.1) is 5.56 Å². The Labute approximate surface area is 112 Å². The maximum Gasteiger partial charge on any atom is 0.285 e. The Bertz CT molecular complexity index is 596. The van der Waals surface area contributed by atoms with Crippen molar-refractivity contribution in [2.45, 2.75) is 18.9 Å². The molecule has 1 aromatic rings. The third kappa shape index (κ3) is 2.01. The summed E-state index contributed by atoms with van der Waals surface area (Å²) in [6.07, 6.45) is 1.37. The van der Waals surface area contributed by atoms with E-state index in [1.54, 1.807) is 6.07 Å². The van der Waals surface area contributed by atoms with Gasteiger partial charge in [-0.2, -0.15) is 21.0 Å². The standard InChI is InChI=1S/C11H14N2O3S2/c1-11(2,7-17)6-13-10(14)8-4-3-5-12-9(8)18(13,15)16/h3-5,17H,6-7H2,1-2H3.